The predicted molar refractivity (Wildman–Crippen MR) is 107 cm³/mol. The topological polar surface area (TPSA) is 58.2 Å². The second-order valence-corrected chi connectivity index (χ2v) is 6.42. The lowest BCUT2D eigenvalue weighted by Crippen LogP contribution is -2.23. The van der Waals surface area contributed by atoms with Crippen LogP contribution in [0, 0.1) is 5.82 Å². The molecule has 3 aromatic rings. The fraction of sp³-hybridized carbons (Fsp3) is 0.130. The van der Waals surface area contributed by atoms with E-state index in [1.807, 2.05) is 30.3 Å². The summed E-state index contributed by atoms with van der Waals surface area (Å²) in [5, 5.41) is 5.54. The quantitative estimate of drug-likeness (QED) is 0.645. The Labute approximate surface area is 163 Å². The lowest BCUT2D eigenvalue weighted by molar-refractivity contribution is -0.121. The first kappa shape index (κ1) is 19.3. The van der Waals surface area contributed by atoms with Crippen LogP contribution >= 0.6 is 0 Å². The summed E-state index contributed by atoms with van der Waals surface area (Å²) in [5.41, 5.74) is 2.89. The van der Waals surface area contributed by atoms with Crippen LogP contribution in [0.2, 0.25) is 0 Å². The van der Waals surface area contributed by atoms with E-state index in [2.05, 4.69) is 10.6 Å². The first-order chi connectivity index (χ1) is 13.6. The average molecular weight is 376 g/mol. The third-order valence-corrected chi connectivity index (χ3v) is 4.27. The molecule has 0 heterocycles. The van der Waals surface area contributed by atoms with Crippen LogP contribution in [0.15, 0.2) is 78.9 Å². The van der Waals surface area contributed by atoms with Gasteiger partial charge >= 0.3 is 0 Å². The van der Waals surface area contributed by atoms with Crippen LogP contribution in [-0.4, -0.2) is 11.8 Å². The predicted octanol–water partition coefficient (Wildman–Crippen LogP) is 4.33. The Morgan fingerprint density at radius 3 is 2.29 bits per heavy atom. The molecule has 2 amide bonds. The molecule has 0 atom stereocenters. The SMILES string of the molecule is O=C(CCc1ccccc1)NCc1ccc(C(=O)Nc2cccc(F)c2)cc1. The van der Waals surface area contributed by atoms with Crippen molar-refractivity contribution in [2.45, 2.75) is 19.4 Å². The molecule has 0 radical (unpaired) electrons. The molecule has 0 aliphatic heterocycles. The van der Waals surface area contributed by atoms with E-state index >= 15 is 0 Å². The van der Waals surface area contributed by atoms with Gasteiger partial charge in [0.05, 0.1) is 0 Å². The van der Waals surface area contributed by atoms with Crippen LogP contribution in [0.5, 0.6) is 0 Å². The van der Waals surface area contributed by atoms with Gasteiger partial charge in [-0.3, -0.25) is 9.59 Å². The van der Waals surface area contributed by atoms with Gasteiger partial charge in [0.1, 0.15) is 5.82 Å². The van der Waals surface area contributed by atoms with Gasteiger partial charge in [0.2, 0.25) is 5.91 Å². The minimum absolute atomic E-state index is 0.0169. The Bertz CT molecular complexity index is 940. The Kier molecular flexibility index (Phi) is 6.52. The highest BCUT2D eigenvalue weighted by Gasteiger charge is 2.07. The van der Waals surface area contributed by atoms with Gasteiger partial charge in [-0.1, -0.05) is 48.5 Å². The number of benzene rings is 3. The highest BCUT2D eigenvalue weighted by Crippen LogP contribution is 2.12. The molecule has 0 aromatic heterocycles. The summed E-state index contributed by atoms with van der Waals surface area (Å²) in [4.78, 5) is 24.2. The zero-order valence-corrected chi connectivity index (χ0v) is 15.3. The maximum atomic E-state index is 13.2. The maximum absolute atomic E-state index is 13.2. The molecule has 2 N–H and O–H groups in total. The van der Waals surface area contributed by atoms with Crippen LogP contribution in [0.25, 0.3) is 0 Å². The standard InChI is InChI=1S/C23H21FN2O2/c24-20-7-4-8-21(15-20)26-23(28)19-12-9-18(10-13-19)16-25-22(27)14-11-17-5-2-1-3-6-17/h1-10,12-13,15H,11,14,16H2,(H,25,27)(H,26,28). The summed E-state index contributed by atoms with van der Waals surface area (Å²) in [6, 6.07) is 22.5. The summed E-state index contributed by atoms with van der Waals surface area (Å²) in [6.07, 6.45) is 1.13. The van der Waals surface area contributed by atoms with Crippen LogP contribution < -0.4 is 10.6 Å². The monoisotopic (exact) mass is 376 g/mol. The van der Waals surface area contributed by atoms with Crippen molar-refractivity contribution in [3.05, 3.63) is 101 Å². The number of amides is 2. The van der Waals surface area contributed by atoms with Gasteiger partial charge in [-0.25, -0.2) is 4.39 Å². The molecule has 0 saturated carbocycles. The molecular weight excluding hydrogens is 355 g/mol. The second kappa shape index (κ2) is 9.46. The fourth-order valence-corrected chi connectivity index (χ4v) is 2.74. The molecule has 28 heavy (non-hydrogen) atoms. The van der Waals surface area contributed by atoms with Crippen LogP contribution in [0.3, 0.4) is 0 Å². The Balaban J connectivity index is 1.47. The summed E-state index contributed by atoms with van der Waals surface area (Å²) >= 11 is 0. The number of nitrogens with one attached hydrogen (secondary N) is 2. The smallest absolute Gasteiger partial charge is 0.255 e. The molecule has 5 heteroatoms. The van der Waals surface area contributed by atoms with Crippen molar-refractivity contribution in [1.29, 1.82) is 0 Å². The van der Waals surface area contributed by atoms with Crippen molar-refractivity contribution >= 4 is 17.5 Å². The lowest BCUT2D eigenvalue weighted by atomic mass is 10.1. The maximum Gasteiger partial charge on any atom is 0.255 e. The van der Waals surface area contributed by atoms with E-state index < -0.39 is 5.82 Å². The molecule has 4 nitrogen and oxygen atoms in total. The number of halogens is 1. The van der Waals surface area contributed by atoms with Crippen molar-refractivity contribution < 1.29 is 14.0 Å². The van der Waals surface area contributed by atoms with E-state index in [1.165, 1.54) is 18.2 Å². The van der Waals surface area contributed by atoms with Crippen molar-refractivity contribution in [2.75, 3.05) is 5.32 Å². The summed E-state index contributed by atoms with van der Waals surface area (Å²) < 4.78 is 13.2. The molecule has 0 aliphatic carbocycles. The third kappa shape index (κ3) is 5.77. The second-order valence-electron chi connectivity index (χ2n) is 6.42. The third-order valence-electron chi connectivity index (χ3n) is 4.27. The van der Waals surface area contributed by atoms with Gasteiger partial charge < -0.3 is 10.6 Å². The average Bonchev–Trinajstić information content (AvgIpc) is 2.72. The van der Waals surface area contributed by atoms with E-state index in [1.54, 1.807) is 30.3 Å². The Morgan fingerprint density at radius 1 is 0.821 bits per heavy atom. The van der Waals surface area contributed by atoms with E-state index in [-0.39, 0.29) is 11.8 Å². The van der Waals surface area contributed by atoms with Crippen LogP contribution in [-0.2, 0) is 17.8 Å². The van der Waals surface area contributed by atoms with Crippen LogP contribution in [0.1, 0.15) is 27.9 Å². The molecular formula is C23H21FN2O2. The van der Waals surface area contributed by atoms with Gasteiger partial charge in [-0.2, -0.15) is 0 Å². The Morgan fingerprint density at radius 2 is 1.57 bits per heavy atom. The minimum Gasteiger partial charge on any atom is -0.352 e. The highest BCUT2D eigenvalue weighted by atomic mass is 19.1. The molecule has 0 fully saturated rings. The number of hydrogen-bond donors (Lipinski definition) is 2. The van der Waals surface area contributed by atoms with Gasteiger partial charge in [0.25, 0.3) is 5.91 Å². The highest BCUT2D eigenvalue weighted by molar-refractivity contribution is 6.04. The van der Waals surface area contributed by atoms with Crippen molar-refractivity contribution in [3.63, 3.8) is 0 Å². The molecule has 0 saturated heterocycles. The number of carbonyl (C=O) groups excluding carboxylic acids is 2. The van der Waals surface area contributed by atoms with Gasteiger partial charge in [-0.05, 0) is 47.9 Å². The molecule has 3 rings (SSSR count). The number of carbonyl (C=O) groups is 2. The first-order valence-corrected chi connectivity index (χ1v) is 9.06. The number of rotatable bonds is 7. The van der Waals surface area contributed by atoms with Crippen LogP contribution in [0.4, 0.5) is 10.1 Å². The van der Waals surface area contributed by atoms with E-state index in [0.29, 0.717) is 30.6 Å². The normalized spacial score (nSPS) is 10.3. The number of anilines is 1. The molecule has 142 valence electrons. The lowest BCUT2D eigenvalue weighted by Gasteiger charge is -2.08. The molecule has 3 aromatic carbocycles. The van der Waals surface area contributed by atoms with Gasteiger partial charge in [0.15, 0.2) is 0 Å². The van der Waals surface area contributed by atoms with E-state index in [4.69, 9.17) is 0 Å². The van der Waals surface area contributed by atoms with Gasteiger partial charge in [0, 0.05) is 24.2 Å². The van der Waals surface area contributed by atoms with E-state index in [0.717, 1.165) is 11.1 Å². The number of hydrogen-bond acceptors (Lipinski definition) is 2. The summed E-state index contributed by atoms with van der Waals surface area (Å²) in [7, 11) is 0. The number of aryl methyl sites for hydroxylation is 1. The molecule has 0 spiro atoms. The van der Waals surface area contributed by atoms with Crippen molar-refractivity contribution in [2.24, 2.45) is 0 Å². The largest absolute Gasteiger partial charge is 0.352 e. The molecule has 0 unspecified atom stereocenters. The van der Waals surface area contributed by atoms with Crippen molar-refractivity contribution in [1.82, 2.24) is 5.32 Å². The minimum atomic E-state index is -0.406. The summed E-state index contributed by atoms with van der Waals surface area (Å²) in [5.74, 6) is -0.739. The zero-order valence-electron chi connectivity index (χ0n) is 15.3. The fourth-order valence-electron chi connectivity index (χ4n) is 2.74. The summed E-state index contributed by atoms with van der Waals surface area (Å²) in [6.45, 7) is 0.402. The van der Waals surface area contributed by atoms with Crippen molar-refractivity contribution in [3.8, 4) is 0 Å². The van der Waals surface area contributed by atoms with Gasteiger partial charge in [-0.15, -0.1) is 0 Å². The molecule has 0 aliphatic rings. The molecule has 0 bridgehead atoms. The Hall–Kier alpha value is -3.47. The zero-order chi connectivity index (χ0) is 19.8. The van der Waals surface area contributed by atoms with E-state index in [9.17, 15) is 14.0 Å². The first-order valence-electron chi connectivity index (χ1n) is 9.06.